The summed E-state index contributed by atoms with van der Waals surface area (Å²) < 4.78 is 0. The Kier molecular flexibility index (Phi) is 6.56. The van der Waals surface area contributed by atoms with Crippen LogP contribution in [0, 0.1) is 0 Å². The molecule has 33 heavy (non-hydrogen) atoms. The SMILES string of the molecule is CNc1nccc(-c2c(-c3ccc(Cl)cc3)n[nH]c2C2CCN(C(=O)NC(C)(C)C)CC2)n1. The Morgan fingerprint density at radius 1 is 1.15 bits per heavy atom. The van der Waals surface area contributed by atoms with Crippen molar-refractivity contribution in [2.45, 2.75) is 45.1 Å². The van der Waals surface area contributed by atoms with Crippen LogP contribution in [0.5, 0.6) is 0 Å². The number of amides is 2. The number of aromatic nitrogens is 4. The van der Waals surface area contributed by atoms with Crippen molar-refractivity contribution in [1.82, 2.24) is 30.4 Å². The molecule has 3 aromatic rings. The number of H-pyrrole nitrogens is 1. The maximum atomic E-state index is 12.6. The Morgan fingerprint density at radius 2 is 1.85 bits per heavy atom. The van der Waals surface area contributed by atoms with Crippen molar-refractivity contribution in [3.05, 3.63) is 47.2 Å². The molecule has 8 nitrogen and oxygen atoms in total. The van der Waals surface area contributed by atoms with Crippen LogP contribution >= 0.6 is 11.6 Å². The molecule has 1 saturated heterocycles. The average molecular weight is 468 g/mol. The molecule has 0 spiro atoms. The van der Waals surface area contributed by atoms with E-state index in [2.05, 4.69) is 25.8 Å². The second-order valence-corrected chi connectivity index (χ2v) is 9.76. The van der Waals surface area contributed by atoms with Crippen LogP contribution in [0.2, 0.25) is 5.02 Å². The van der Waals surface area contributed by atoms with E-state index < -0.39 is 0 Å². The van der Waals surface area contributed by atoms with Crippen molar-refractivity contribution >= 4 is 23.6 Å². The van der Waals surface area contributed by atoms with Gasteiger partial charge in [-0.1, -0.05) is 23.7 Å². The molecule has 0 saturated carbocycles. The minimum Gasteiger partial charge on any atom is -0.357 e. The normalized spacial score (nSPS) is 14.9. The molecule has 1 aliphatic rings. The van der Waals surface area contributed by atoms with Gasteiger partial charge in [0.25, 0.3) is 0 Å². The minimum atomic E-state index is -0.254. The first kappa shape index (κ1) is 23.0. The Hall–Kier alpha value is -3.13. The molecule has 9 heteroatoms. The Bertz CT molecular complexity index is 1110. The summed E-state index contributed by atoms with van der Waals surface area (Å²) in [5, 5.41) is 14.7. The monoisotopic (exact) mass is 467 g/mol. The number of carbonyl (C=O) groups excluding carboxylic acids is 1. The summed E-state index contributed by atoms with van der Waals surface area (Å²) in [5.41, 5.74) is 4.34. The third-order valence-electron chi connectivity index (χ3n) is 5.72. The van der Waals surface area contributed by atoms with Gasteiger partial charge >= 0.3 is 6.03 Å². The maximum absolute atomic E-state index is 12.6. The summed E-state index contributed by atoms with van der Waals surface area (Å²) in [6.07, 6.45) is 3.43. The Morgan fingerprint density at radius 3 is 2.48 bits per heavy atom. The average Bonchev–Trinajstić information content (AvgIpc) is 3.24. The van der Waals surface area contributed by atoms with Gasteiger partial charge in [0.15, 0.2) is 0 Å². The van der Waals surface area contributed by atoms with Gasteiger partial charge in [0.1, 0.15) is 5.69 Å². The number of anilines is 1. The zero-order valence-electron chi connectivity index (χ0n) is 19.4. The summed E-state index contributed by atoms with van der Waals surface area (Å²) in [7, 11) is 1.80. The largest absolute Gasteiger partial charge is 0.357 e. The summed E-state index contributed by atoms with van der Waals surface area (Å²) in [6.45, 7) is 7.36. The summed E-state index contributed by atoms with van der Waals surface area (Å²) in [5.74, 6) is 0.788. The molecule has 0 aliphatic carbocycles. The lowest BCUT2D eigenvalue weighted by Gasteiger charge is -2.34. The first-order valence-electron chi connectivity index (χ1n) is 11.2. The highest BCUT2D eigenvalue weighted by Crippen LogP contribution is 2.39. The van der Waals surface area contributed by atoms with Gasteiger partial charge in [-0.15, -0.1) is 0 Å². The molecule has 1 fully saturated rings. The Balaban J connectivity index is 1.65. The summed E-state index contributed by atoms with van der Waals surface area (Å²) in [4.78, 5) is 23.4. The highest BCUT2D eigenvalue weighted by molar-refractivity contribution is 6.30. The van der Waals surface area contributed by atoms with E-state index in [1.807, 2.05) is 56.0 Å². The molecule has 174 valence electrons. The topological polar surface area (TPSA) is 98.8 Å². The number of hydrogen-bond donors (Lipinski definition) is 3. The van der Waals surface area contributed by atoms with E-state index in [1.165, 1.54) is 0 Å². The second-order valence-electron chi connectivity index (χ2n) is 9.32. The Labute approximate surface area is 199 Å². The first-order chi connectivity index (χ1) is 15.7. The molecule has 0 bridgehead atoms. The lowest BCUT2D eigenvalue weighted by Crippen LogP contribution is -2.50. The molecule has 2 amide bonds. The molecule has 0 atom stereocenters. The minimum absolute atomic E-state index is 0.0119. The molecule has 4 rings (SSSR count). The maximum Gasteiger partial charge on any atom is 0.317 e. The molecule has 0 radical (unpaired) electrons. The number of hydrogen-bond acceptors (Lipinski definition) is 5. The summed E-state index contributed by atoms with van der Waals surface area (Å²) >= 11 is 6.11. The number of halogens is 1. The van der Waals surface area contributed by atoms with Gasteiger partial charge < -0.3 is 15.5 Å². The van der Waals surface area contributed by atoms with Crippen molar-refractivity contribution in [3.63, 3.8) is 0 Å². The van der Waals surface area contributed by atoms with E-state index in [1.54, 1.807) is 13.2 Å². The second kappa shape index (κ2) is 9.39. The van der Waals surface area contributed by atoms with E-state index in [0.717, 1.165) is 41.1 Å². The number of rotatable bonds is 4. The number of nitrogens with zero attached hydrogens (tertiary/aromatic N) is 4. The highest BCUT2D eigenvalue weighted by atomic mass is 35.5. The van der Waals surface area contributed by atoms with E-state index in [0.29, 0.717) is 24.1 Å². The van der Waals surface area contributed by atoms with Gasteiger partial charge in [-0.3, -0.25) is 5.10 Å². The van der Waals surface area contributed by atoms with Crippen LogP contribution in [0.15, 0.2) is 36.5 Å². The quantitative estimate of drug-likeness (QED) is 0.506. The number of carbonyl (C=O) groups is 1. The highest BCUT2D eigenvalue weighted by Gasteiger charge is 2.30. The molecule has 1 aromatic carbocycles. The van der Waals surface area contributed by atoms with Crippen LogP contribution in [0.1, 0.15) is 45.2 Å². The smallest absolute Gasteiger partial charge is 0.317 e. The van der Waals surface area contributed by atoms with Gasteiger partial charge in [-0.05, 0) is 51.8 Å². The molecular formula is C24H30ClN7O. The van der Waals surface area contributed by atoms with E-state index in [9.17, 15) is 4.79 Å². The predicted molar refractivity (Wildman–Crippen MR) is 131 cm³/mol. The molecule has 1 aliphatic heterocycles. The van der Waals surface area contributed by atoms with Gasteiger partial charge in [0.05, 0.1) is 5.69 Å². The van der Waals surface area contributed by atoms with Crippen molar-refractivity contribution in [1.29, 1.82) is 0 Å². The summed E-state index contributed by atoms with van der Waals surface area (Å²) in [6, 6.07) is 9.54. The fraction of sp³-hybridized carbons (Fsp3) is 0.417. The predicted octanol–water partition coefficient (Wildman–Crippen LogP) is 4.92. The molecular weight excluding hydrogens is 438 g/mol. The van der Waals surface area contributed by atoms with Crippen LogP contribution in [-0.2, 0) is 0 Å². The zero-order chi connectivity index (χ0) is 23.6. The van der Waals surface area contributed by atoms with Crippen LogP contribution < -0.4 is 10.6 Å². The third-order valence-corrected chi connectivity index (χ3v) is 5.97. The number of urea groups is 1. The molecule has 2 aromatic heterocycles. The van der Waals surface area contributed by atoms with Gasteiger partial charge in [0, 0.05) is 59.6 Å². The van der Waals surface area contributed by atoms with Crippen molar-refractivity contribution < 1.29 is 4.79 Å². The van der Waals surface area contributed by atoms with Crippen LogP contribution in [-0.4, -0.2) is 56.8 Å². The van der Waals surface area contributed by atoms with Crippen LogP contribution in [0.25, 0.3) is 22.5 Å². The van der Waals surface area contributed by atoms with Crippen LogP contribution in [0.4, 0.5) is 10.7 Å². The third kappa shape index (κ3) is 5.27. The molecule has 0 unspecified atom stereocenters. The zero-order valence-corrected chi connectivity index (χ0v) is 20.2. The van der Waals surface area contributed by atoms with E-state index >= 15 is 0 Å². The van der Waals surface area contributed by atoms with E-state index in [-0.39, 0.29) is 17.5 Å². The van der Waals surface area contributed by atoms with Crippen molar-refractivity contribution in [2.75, 3.05) is 25.5 Å². The van der Waals surface area contributed by atoms with Gasteiger partial charge in [0.2, 0.25) is 5.95 Å². The van der Waals surface area contributed by atoms with Gasteiger partial charge in [-0.2, -0.15) is 5.10 Å². The fourth-order valence-electron chi connectivity index (χ4n) is 4.12. The molecule has 3 N–H and O–H groups in total. The molecule has 3 heterocycles. The lowest BCUT2D eigenvalue weighted by atomic mass is 9.89. The van der Waals surface area contributed by atoms with Gasteiger partial charge in [-0.25, -0.2) is 14.8 Å². The van der Waals surface area contributed by atoms with Crippen molar-refractivity contribution in [2.24, 2.45) is 0 Å². The number of aromatic amines is 1. The number of benzene rings is 1. The van der Waals surface area contributed by atoms with Crippen molar-refractivity contribution in [3.8, 4) is 22.5 Å². The number of piperidine rings is 1. The number of likely N-dealkylation sites (tertiary alicyclic amines) is 1. The number of nitrogens with one attached hydrogen (secondary N) is 3. The van der Waals surface area contributed by atoms with E-state index in [4.69, 9.17) is 16.6 Å². The lowest BCUT2D eigenvalue weighted by molar-refractivity contribution is 0.172. The fourth-order valence-corrected chi connectivity index (χ4v) is 4.24. The standard InChI is InChI=1S/C24H30ClN7O/c1-24(2,3)29-23(33)32-13-10-16(11-14-32)21-19(18-9-12-27-22(26-4)28-18)20(30-31-21)15-5-7-17(25)8-6-15/h5-9,12,16H,10-11,13-14H2,1-4H3,(H,29,33)(H,30,31)(H,26,27,28). The van der Waals surface area contributed by atoms with Crippen LogP contribution in [0.3, 0.4) is 0 Å². The first-order valence-corrected chi connectivity index (χ1v) is 11.6.